The standard InChI is InChI=1S/C33H47N9O4/c1-2-3-14-24-39-31-32(22-12-8-9-13-23(22)38-33(31)35)42(24)41-26(44)16-15-25(43)36-18-27(45)37-19-28(46)40-30-21-11-7-5-4-6-10-20(17-21)29(30)34/h8-9,12-13,20-21,29-30H,2-7,10-11,14-19,34H2,1H3,(H2,35,38)(H,36,43)(H,37,45)(H,40,46)(H,41,44). The monoisotopic (exact) mass is 633 g/mol. The lowest BCUT2D eigenvalue weighted by molar-refractivity contribution is -0.128. The number of carbonyl (C=O) groups is 4. The highest BCUT2D eigenvalue weighted by atomic mass is 16.2. The molecule has 0 spiro atoms. The first-order valence-electron chi connectivity index (χ1n) is 16.7. The number of para-hydroxylation sites is 1. The highest BCUT2D eigenvalue weighted by Crippen LogP contribution is 2.38. The number of nitrogens with zero attached hydrogens (tertiary/aromatic N) is 3. The van der Waals surface area contributed by atoms with Gasteiger partial charge in [-0.25, -0.2) is 14.6 Å². The number of nitrogens with two attached hydrogens (primary N) is 2. The van der Waals surface area contributed by atoms with Crippen LogP contribution in [0, 0.1) is 11.8 Å². The van der Waals surface area contributed by atoms with E-state index in [0.717, 1.165) is 43.9 Å². The van der Waals surface area contributed by atoms with Crippen molar-refractivity contribution in [1.82, 2.24) is 30.6 Å². The number of nitrogen functional groups attached to an aromatic ring is 1. The third kappa shape index (κ3) is 7.93. The number of amides is 4. The fourth-order valence-electron chi connectivity index (χ4n) is 6.91. The van der Waals surface area contributed by atoms with Gasteiger partial charge in [-0.3, -0.25) is 24.6 Å². The van der Waals surface area contributed by atoms with Crippen molar-refractivity contribution in [3.8, 4) is 0 Å². The van der Waals surface area contributed by atoms with Crippen LogP contribution in [0.15, 0.2) is 24.3 Å². The number of carbonyl (C=O) groups excluding carboxylic acids is 4. The number of anilines is 1. The van der Waals surface area contributed by atoms with E-state index >= 15 is 0 Å². The number of hydrogen-bond acceptors (Lipinski definition) is 8. The van der Waals surface area contributed by atoms with E-state index in [4.69, 9.17) is 11.5 Å². The minimum atomic E-state index is -0.490. The van der Waals surface area contributed by atoms with Gasteiger partial charge in [0.2, 0.25) is 23.6 Å². The number of rotatable bonds is 12. The molecule has 8 N–H and O–H groups in total. The van der Waals surface area contributed by atoms with Gasteiger partial charge in [-0.05, 0) is 43.6 Å². The average molecular weight is 634 g/mol. The number of nitrogens with one attached hydrogen (secondary N) is 4. The number of aryl methyl sites for hydroxylation is 1. The Morgan fingerprint density at radius 3 is 2.37 bits per heavy atom. The van der Waals surface area contributed by atoms with Crippen LogP contribution in [0.25, 0.3) is 21.9 Å². The summed E-state index contributed by atoms with van der Waals surface area (Å²) in [5.41, 5.74) is 17.5. The van der Waals surface area contributed by atoms with Gasteiger partial charge in [0.15, 0.2) is 5.82 Å². The summed E-state index contributed by atoms with van der Waals surface area (Å²) >= 11 is 0. The smallest absolute Gasteiger partial charge is 0.239 e. The lowest BCUT2D eigenvalue weighted by Gasteiger charge is -2.26. The summed E-state index contributed by atoms with van der Waals surface area (Å²) in [6.45, 7) is 1.59. The number of aromatic nitrogens is 3. The number of fused-ring (bicyclic) bond motifs is 5. The molecule has 1 aromatic carbocycles. The minimum Gasteiger partial charge on any atom is -0.382 e. The second-order valence-corrected chi connectivity index (χ2v) is 12.7. The molecule has 2 aromatic heterocycles. The van der Waals surface area contributed by atoms with Crippen molar-refractivity contribution >= 4 is 51.4 Å². The second-order valence-electron chi connectivity index (χ2n) is 12.7. The van der Waals surface area contributed by atoms with Gasteiger partial charge < -0.3 is 27.4 Å². The number of unbranched alkanes of at least 4 members (excludes halogenated alkanes) is 1. The van der Waals surface area contributed by atoms with E-state index in [2.05, 4.69) is 38.3 Å². The summed E-state index contributed by atoms with van der Waals surface area (Å²) in [6.07, 6.45) is 10.2. The van der Waals surface area contributed by atoms with Gasteiger partial charge in [0.1, 0.15) is 16.9 Å². The van der Waals surface area contributed by atoms with Gasteiger partial charge in [-0.1, -0.05) is 57.2 Å². The molecule has 13 nitrogen and oxygen atoms in total. The first-order valence-corrected chi connectivity index (χ1v) is 16.7. The van der Waals surface area contributed by atoms with Crippen LogP contribution in [-0.2, 0) is 25.6 Å². The maximum absolute atomic E-state index is 13.0. The van der Waals surface area contributed by atoms with E-state index in [1.54, 1.807) is 4.68 Å². The molecule has 2 aliphatic carbocycles. The Hall–Kier alpha value is -4.26. The predicted molar refractivity (Wildman–Crippen MR) is 177 cm³/mol. The van der Waals surface area contributed by atoms with Crippen molar-refractivity contribution in [3.05, 3.63) is 30.1 Å². The summed E-state index contributed by atoms with van der Waals surface area (Å²) in [5, 5.41) is 8.95. The summed E-state index contributed by atoms with van der Waals surface area (Å²) in [6, 6.07) is 7.36. The molecule has 2 heterocycles. The highest BCUT2D eigenvalue weighted by Gasteiger charge is 2.41. The van der Waals surface area contributed by atoms with Crippen LogP contribution in [0.5, 0.6) is 0 Å². The van der Waals surface area contributed by atoms with Crippen molar-refractivity contribution in [2.45, 2.75) is 96.1 Å². The molecule has 13 heteroatoms. The third-order valence-corrected chi connectivity index (χ3v) is 9.35. The van der Waals surface area contributed by atoms with Crippen molar-refractivity contribution in [2.24, 2.45) is 17.6 Å². The molecule has 2 bridgehead atoms. The molecule has 3 aromatic rings. The molecule has 2 saturated carbocycles. The Morgan fingerprint density at radius 2 is 1.59 bits per heavy atom. The van der Waals surface area contributed by atoms with Gasteiger partial charge in [0.05, 0.1) is 18.6 Å². The lowest BCUT2D eigenvalue weighted by atomic mass is 9.94. The number of benzene rings is 1. The van der Waals surface area contributed by atoms with Crippen LogP contribution in [0.4, 0.5) is 5.82 Å². The molecule has 46 heavy (non-hydrogen) atoms. The van der Waals surface area contributed by atoms with E-state index in [0.29, 0.717) is 40.6 Å². The number of pyridine rings is 1. The van der Waals surface area contributed by atoms with Gasteiger partial charge >= 0.3 is 0 Å². The molecule has 2 fully saturated rings. The number of imidazole rings is 1. The molecular formula is C33H47N9O4. The third-order valence-electron chi connectivity index (χ3n) is 9.35. The first-order chi connectivity index (χ1) is 22.2. The molecular weight excluding hydrogens is 586 g/mol. The molecule has 2 aliphatic rings. The molecule has 4 unspecified atom stereocenters. The Bertz CT molecular complexity index is 1570. The van der Waals surface area contributed by atoms with E-state index in [9.17, 15) is 19.2 Å². The van der Waals surface area contributed by atoms with Crippen LogP contribution >= 0.6 is 0 Å². The Kier molecular flexibility index (Phi) is 11.1. The summed E-state index contributed by atoms with van der Waals surface area (Å²) in [7, 11) is 0. The van der Waals surface area contributed by atoms with Crippen LogP contribution in [0.3, 0.4) is 0 Å². The van der Waals surface area contributed by atoms with Gasteiger partial charge in [0, 0.05) is 36.7 Å². The Balaban J connectivity index is 1.08. The van der Waals surface area contributed by atoms with E-state index < -0.39 is 11.8 Å². The second kappa shape index (κ2) is 15.4. The van der Waals surface area contributed by atoms with Gasteiger partial charge in [0.25, 0.3) is 0 Å². The molecule has 0 saturated heterocycles. The zero-order valence-electron chi connectivity index (χ0n) is 26.6. The number of hydrogen-bond donors (Lipinski definition) is 6. The van der Waals surface area contributed by atoms with E-state index in [1.165, 1.54) is 19.3 Å². The average Bonchev–Trinajstić information content (AvgIpc) is 3.59. The summed E-state index contributed by atoms with van der Waals surface area (Å²) in [4.78, 5) is 59.6. The fourth-order valence-corrected chi connectivity index (χ4v) is 6.91. The Morgan fingerprint density at radius 1 is 0.891 bits per heavy atom. The topological polar surface area (TPSA) is 199 Å². The molecule has 0 radical (unpaired) electrons. The highest BCUT2D eigenvalue weighted by molar-refractivity contribution is 6.07. The SMILES string of the molecule is CCCCc1nc2c(N)nc3ccccc3c2n1NC(=O)CCC(=O)NCC(=O)NCC(=O)NC1C2CCCCCCC(C2)C1N. The summed E-state index contributed by atoms with van der Waals surface area (Å²) in [5.74, 6) is 0.121. The zero-order valence-corrected chi connectivity index (χ0v) is 26.6. The van der Waals surface area contributed by atoms with Crippen molar-refractivity contribution in [1.29, 1.82) is 0 Å². The van der Waals surface area contributed by atoms with Gasteiger partial charge in [-0.2, -0.15) is 0 Å². The van der Waals surface area contributed by atoms with Crippen LogP contribution in [0.2, 0.25) is 0 Å². The predicted octanol–water partition coefficient (Wildman–Crippen LogP) is 2.39. The van der Waals surface area contributed by atoms with Crippen LogP contribution in [-0.4, -0.2) is 63.4 Å². The van der Waals surface area contributed by atoms with E-state index in [1.807, 2.05) is 24.3 Å². The van der Waals surface area contributed by atoms with Gasteiger partial charge in [-0.15, -0.1) is 0 Å². The Labute approximate surface area is 269 Å². The van der Waals surface area contributed by atoms with Crippen molar-refractivity contribution in [3.63, 3.8) is 0 Å². The molecule has 4 amide bonds. The molecule has 0 aliphatic heterocycles. The van der Waals surface area contributed by atoms with Crippen LogP contribution in [0.1, 0.15) is 83.4 Å². The lowest BCUT2D eigenvalue weighted by Crippen LogP contribution is -2.52. The fraction of sp³-hybridized carbons (Fsp3) is 0.576. The minimum absolute atomic E-state index is 0.0656. The maximum Gasteiger partial charge on any atom is 0.239 e. The molecule has 5 rings (SSSR count). The normalized spacial score (nSPS) is 21.3. The quantitative estimate of drug-likeness (QED) is 0.175. The zero-order chi connectivity index (χ0) is 32.6. The van der Waals surface area contributed by atoms with E-state index in [-0.39, 0.29) is 55.6 Å². The summed E-state index contributed by atoms with van der Waals surface area (Å²) < 4.78 is 1.65. The van der Waals surface area contributed by atoms with Crippen LogP contribution < -0.4 is 32.8 Å². The maximum atomic E-state index is 13.0. The molecule has 4 atom stereocenters. The largest absolute Gasteiger partial charge is 0.382 e. The first kappa shape index (κ1) is 33.1. The van der Waals surface area contributed by atoms with Crippen molar-refractivity contribution in [2.75, 3.05) is 24.2 Å². The van der Waals surface area contributed by atoms with Crippen molar-refractivity contribution < 1.29 is 19.2 Å². The molecule has 248 valence electrons.